The zero-order chi connectivity index (χ0) is 15.6. The van der Waals surface area contributed by atoms with Crippen LogP contribution in [0, 0.1) is 12.7 Å². The van der Waals surface area contributed by atoms with E-state index in [0.29, 0.717) is 11.6 Å². The summed E-state index contributed by atoms with van der Waals surface area (Å²) in [6, 6.07) is 9.30. The number of nitrogens with two attached hydrogens (primary N) is 1. The Balaban J connectivity index is 2.54. The third kappa shape index (κ3) is 3.22. The number of hydrogen-bond donors (Lipinski definition) is 2. The first-order valence-corrected chi connectivity index (χ1v) is 6.23. The van der Waals surface area contributed by atoms with Crippen molar-refractivity contribution in [1.29, 1.82) is 0 Å². The van der Waals surface area contributed by atoms with Crippen LogP contribution >= 0.6 is 0 Å². The van der Waals surface area contributed by atoms with Crippen LogP contribution in [-0.4, -0.2) is 0 Å². The minimum Gasteiger partial charge on any atom is -0.271 e. The molecule has 1 atom stereocenters. The van der Waals surface area contributed by atoms with Crippen molar-refractivity contribution in [3.63, 3.8) is 0 Å². The van der Waals surface area contributed by atoms with E-state index in [9.17, 15) is 17.6 Å². The maximum absolute atomic E-state index is 14.2. The van der Waals surface area contributed by atoms with Crippen LogP contribution in [0.1, 0.15) is 28.3 Å². The van der Waals surface area contributed by atoms with E-state index in [2.05, 4.69) is 5.43 Å². The van der Waals surface area contributed by atoms with Crippen LogP contribution in [0.5, 0.6) is 0 Å². The van der Waals surface area contributed by atoms with Crippen molar-refractivity contribution in [3.05, 3.63) is 70.5 Å². The fourth-order valence-corrected chi connectivity index (χ4v) is 2.21. The van der Waals surface area contributed by atoms with Gasteiger partial charge in [-0.2, -0.15) is 13.2 Å². The highest BCUT2D eigenvalue weighted by Crippen LogP contribution is 2.35. The topological polar surface area (TPSA) is 38.0 Å². The minimum absolute atomic E-state index is 0.141. The van der Waals surface area contributed by atoms with Gasteiger partial charge in [0, 0.05) is 5.56 Å². The standard InChI is InChI=1S/C15H14F4N2/c1-9-4-2-5-10(8-9)14(21-20)11-6-3-7-12(13(11)16)15(17,18)19/h2-8,14,21H,20H2,1H3. The smallest absolute Gasteiger partial charge is 0.271 e. The van der Waals surface area contributed by atoms with Gasteiger partial charge in [-0.3, -0.25) is 5.84 Å². The predicted molar refractivity (Wildman–Crippen MR) is 71.7 cm³/mol. The lowest BCUT2D eigenvalue weighted by Gasteiger charge is -2.20. The monoisotopic (exact) mass is 298 g/mol. The number of rotatable bonds is 3. The third-order valence-corrected chi connectivity index (χ3v) is 3.19. The average molecular weight is 298 g/mol. The van der Waals surface area contributed by atoms with E-state index >= 15 is 0 Å². The van der Waals surface area contributed by atoms with Gasteiger partial charge in [0.1, 0.15) is 5.82 Å². The van der Waals surface area contributed by atoms with Crippen molar-refractivity contribution in [3.8, 4) is 0 Å². The van der Waals surface area contributed by atoms with Gasteiger partial charge < -0.3 is 0 Å². The van der Waals surface area contributed by atoms with E-state index < -0.39 is 23.6 Å². The van der Waals surface area contributed by atoms with Gasteiger partial charge in [0.25, 0.3) is 0 Å². The number of nitrogens with one attached hydrogen (secondary N) is 1. The van der Waals surface area contributed by atoms with Crippen LogP contribution < -0.4 is 11.3 Å². The Bertz CT molecular complexity index is 638. The normalized spacial score (nSPS) is 13.2. The van der Waals surface area contributed by atoms with Gasteiger partial charge in [0.2, 0.25) is 0 Å². The van der Waals surface area contributed by atoms with Gasteiger partial charge in [0.15, 0.2) is 0 Å². The molecule has 0 bridgehead atoms. The molecular formula is C15H14F4N2. The van der Waals surface area contributed by atoms with Crippen molar-refractivity contribution in [2.45, 2.75) is 19.1 Å². The Labute approximate surface area is 119 Å². The molecule has 0 radical (unpaired) electrons. The first-order chi connectivity index (χ1) is 9.84. The molecular weight excluding hydrogens is 284 g/mol. The lowest BCUT2D eigenvalue weighted by molar-refractivity contribution is -0.140. The molecule has 0 spiro atoms. The summed E-state index contributed by atoms with van der Waals surface area (Å²) in [5, 5.41) is 0. The lowest BCUT2D eigenvalue weighted by atomic mass is 9.95. The highest BCUT2D eigenvalue weighted by Gasteiger charge is 2.35. The van der Waals surface area contributed by atoms with Gasteiger partial charge in [-0.15, -0.1) is 0 Å². The van der Waals surface area contributed by atoms with Crippen molar-refractivity contribution < 1.29 is 17.6 Å². The quantitative estimate of drug-likeness (QED) is 0.515. The number of halogens is 4. The average Bonchev–Trinajstić information content (AvgIpc) is 2.40. The van der Waals surface area contributed by atoms with Crippen LogP contribution in [0.3, 0.4) is 0 Å². The third-order valence-electron chi connectivity index (χ3n) is 3.19. The number of hydrazine groups is 1. The molecule has 112 valence electrons. The second kappa shape index (κ2) is 5.83. The highest BCUT2D eigenvalue weighted by molar-refractivity contribution is 5.37. The molecule has 3 N–H and O–H groups in total. The van der Waals surface area contributed by atoms with Crippen molar-refractivity contribution in [2.24, 2.45) is 5.84 Å². The summed E-state index contributed by atoms with van der Waals surface area (Å²) in [7, 11) is 0. The molecule has 0 aliphatic heterocycles. The fourth-order valence-electron chi connectivity index (χ4n) is 2.21. The van der Waals surface area contributed by atoms with Gasteiger partial charge in [0.05, 0.1) is 11.6 Å². The largest absolute Gasteiger partial charge is 0.419 e. The molecule has 0 aliphatic carbocycles. The summed E-state index contributed by atoms with van der Waals surface area (Å²) >= 11 is 0. The van der Waals surface area contributed by atoms with Gasteiger partial charge in [-0.1, -0.05) is 42.0 Å². The molecule has 2 aromatic carbocycles. The molecule has 1 unspecified atom stereocenters. The molecule has 0 heterocycles. The molecule has 21 heavy (non-hydrogen) atoms. The highest BCUT2D eigenvalue weighted by atomic mass is 19.4. The first-order valence-electron chi connectivity index (χ1n) is 6.23. The summed E-state index contributed by atoms with van der Waals surface area (Å²) in [5.74, 6) is 4.11. The Kier molecular flexibility index (Phi) is 4.29. The summed E-state index contributed by atoms with van der Waals surface area (Å²) in [6.45, 7) is 1.83. The van der Waals surface area contributed by atoms with Crippen LogP contribution in [0.15, 0.2) is 42.5 Å². The number of benzene rings is 2. The van der Waals surface area contributed by atoms with Gasteiger partial charge in [-0.25, -0.2) is 9.82 Å². The summed E-state index contributed by atoms with van der Waals surface area (Å²) < 4.78 is 52.5. The van der Waals surface area contributed by atoms with Crippen molar-refractivity contribution in [1.82, 2.24) is 5.43 Å². The van der Waals surface area contributed by atoms with E-state index in [-0.39, 0.29) is 5.56 Å². The van der Waals surface area contributed by atoms with Crippen LogP contribution in [-0.2, 0) is 6.18 Å². The predicted octanol–water partition coefficient (Wildman–Crippen LogP) is 3.71. The zero-order valence-corrected chi connectivity index (χ0v) is 11.2. The van der Waals surface area contributed by atoms with E-state index in [1.54, 1.807) is 18.2 Å². The lowest BCUT2D eigenvalue weighted by Crippen LogP contribution is -2.30. The van der Waals surface area contributed by atoms with Crippen LogP contribution in [0.25, 0.3) is 0 Å². The minimum atomic E-state index is -4.74. The molecule has 0 fully saturated rings. The van der Waals surface area contributed by atoms with Crippen molar-refractivity contribution >= 4 is 0 Å². The molecule has 2 rings (SSSR count). The van der Waals surface area contributed by atoms with Crippen LogP contribution in [0.2, 0.25) is 0 Å². The summed E-state index contributed by atoms with van der Waals surface area (Å²) in [6.07, 6.45) is -4.74. The fraction of sp³-hybridized carbons (Fsp3) is 0.200. The Morgan fingerprint density at radius 3 is 2.33 bits per heavy atom. The Hall–Kier alpha value is -1.92. The Morgan fingerprint density at radius 1 is 1.10 bits per heavy atom. The maximum Gasteiger partial charge on any atom is 0.419 e. The van der Waals surface area contributed by atoms with E-state index in [4.69, 9.17) is 5.84 Å². The molecule has 0 aliphatic rings. The first kappa shape index (κ1) is 15.5. The second-order valence-electron chi connectivity index (χ2n) is 4.72. The van der Waals surface area contributed by atoms with E-state index in [1.807, 2.05) is 13.0 Å². The SMILES string of the molecule is Cc1cccc(C(NN)c2cccc(C(F)(F)F)c2F)c1. The maximum atomic E-state index is 14.2. The molecule has 6 heteroatoms. The molecule has 0 saturated carbocycles. The van der Waals surface area contributed by atoms with Crippen LogP contribution in [0.4, 0.5) is 17.6 Å². The summed E-state index contributed by atoms with van der Waals surface area (Å²) in [4.78, 5) is 0. The Morgan fingerprint density at radius 2 is 1.76 bits per heavy atom. The number of alkyl halides is 3. The number of aryl methyl sites for hydroxylation is 1. The van der Waals surface area contributed by atoms with E-state index in [0.717, 1.165) is 5.56 Å². The molecule has 2 nitrogen and oxygen atoms in total. The molecule has 0 aromatic heterocycles. The molecule has 0 saturated heterocycles. The van der Waals surface area contributed by atoms with Crippen molar-refractivity contribution in [2.75, 3.05) is 0 Å². The second-order valence-corrected chi connectivity index (χ2v) is 4.72. The molecule has 0 amide bonds. The number of hydrogen-bond acceptors (Lipinski definition) is 2. The van der Waals surface area contributed by atoms with Gasteiger partial charge in [-0.05, 0) is 18.6 Å². The van der Waals surface area contributed by atoms with E-state index in [1.165, 1.54) is 12.1 Å². The van der Waals surface area contributed by atoms with Gasteiger partial charge >= 0.3 is 6.18 Å². The molecule has 2 aromatic rings. The summed E-state index contributed by atoms with van der Waals surface area (Å²) in [5.41, 5.74) is 2.43. The zero-order valence-electron chi connectivity index (χ0n) is 11.2.